The number of carbonyl (C=O) groups is 1. The molecule has 0 radical (unpaired) electrons. The first-order chi connectivity index (χ1) is 19.8. The maximum absolute atomic E-state index is 13.8. The molecule has 2 saturated heterocycles. The molecule has 9 heteroatoms. The Labute approximate surface area is 243 Å². The van der Waals surface area contributed by atoms with E-state index in [0.717, 1.165) is 54.8 Å². The van der Waals surface area contributed by atoms with Crippen molar-refractivity contribution in [3.05, 3.63) is 88.7 Å². The minimum atomic E-state index is -1.01. The maximum Gasteiger partial charge on any atom is 0.326 e. The van der Waals surface area contributed by atoms with Crippen molar-refractivity contribution >= 4 is 40.0 Å². The standard InChI is InChI=1S/C32H34ClF2N5O/c1-20-8-10-25(19-27(20)33)39(32(41)37-22-9-13-28(34)29(35)16-22)15-5-14-38-23-11-12-24(38)18-26(17-23)40-21(2)36-30-6-3-4-7-31(30)40/h3-4,6-10,13,16,19,23-24,26H,5,11-12,14-15,17-18H2,1-2H3,(H,37,41)/t23-,24+,26?. The summed E-state index contributed by atoms with van der Waals surface area (Å²) in [5.74, 6) is -0.894. The summed E-state index contributed by atoms with van der Waals surface area (Å²) in [5.41, 5.74) is 4.03. The third-order valence-electron chi connectivity index (χ3n) is 8.68. The van der Waals surface area contributed by atoms with Crippen LogP contribution >= 0.6 is 11.6 Å². The van der Waals surface area contributed by atoms with Gasteiger partial charge in [0.2, 0.25) is 0 Å². The molecular weight excluding hydrogens is 544 g/mol. The highest BCUT2D eigenvalue weighted by molar-refractivity contribution is 6.31. The van der Waals surface area contributed by atoms with Crippen LogP contribution in [0.4, 0.5) is 25.0 Å². The average molecular weight is 578 g/mol. The molecule has 1 unspecified atom stereocenters. The van der Waals surface area contributed by atoms with Gasteiger partial charge in [0.05, 0.1) is 11.0 Å². The molecule has 2 bridgehead atoms. The van der Waals surface area contributed by atoms with Gasteiger partial charge in [-0.3, -0.25) is 9.80 Å². The first-order valence-corrected chi connectivity index (χ1v) is 14.7. The van der Waals surface area contributed by atoms with Gasteiger partial charge >= 0.3 is 6.03 Å². The van der Waals surface area contributed by atoms with Crippen molar-refractivity contribution in [2.45, 2.75) is 64.1 Å². The van der Waals surface area contributed by atoms with Gasteiger partial charge in [-0.25, -0.2) is 18.6 Å². The molecule has 41 heavy (non-hydrogen) atoms. The third kappa shape index (κ3) is 5.55. The van der Waals surface area contributed by atoms with Crippen LogP contribution in [-0.2, 0) is 0 Å². The van der Waals surface area contributed by atoms with E-state index in [1.54, 1.807) is 11.0 Å². The Hall–Kier alpha value is -3.49. The minimum absolute atomic E-state index is 0.194. The van der Waals surface area contributed by atoms with Crippen LogP contribution in [0.2, 0.25) is 5.02 Å². The van der Waals surface area contributed by atoms with Gasteiger partial charge in [-0.15, -0.1) is 0 Å². The topological polar surface area (TPSA) is 53.4 Å². The molecule has 0 saturated carbocycles. The second-order valence-corrected chi connectivity index (χ2v) is 11.7. The molecule has 1 aromatic heterocycles. The van der Waals surface area contributed by atoms with Crippen molar-refractivity contribution in [2.24, 2.45) is 0 Å². The molecule has 6 nitrogen and oxygen atoms in total. The number of carbonyl (C=O) groups excluding carboxylic acids is 1. The molecule has 2 aliphatic rings. The predicted molar refractivity (Wildman–Crippen MR) is 160 cm³/mol. The lowest BCUT2D eigenvalue weighted by molar-refractivity contribution is 0.107. The molecule has 3 heterocycles. The number of halogens is 3. The molecule has 214 valence electrons. The van der Waals surface area contributed by atoms with Crippen molar-refractivity contribution in [3.8, 4) is 0 Å². The summed E-state index contributed by atoms with van der Waals surface area (Å²) in [6, 6.07) is 18.2. The Balaban J connectivity index is 1.14. The fraction of sp³-hybridized carbons (Fsp3) is 0.375. The van der Waals surface area contributed by atoms with Crippen LogP contribution in [0.3, 0.4) is 0 Å². The van der Waals surface area contributed by atoms with Crippen molar-refractivity contribution < 1.29 is 13.6 Å². The predicted octanol–water partition coefficient (Wildman–Crippen LogP) is 7.88. The Morgan fingerprint density at radius 2 is 1.76 bits per heavy atom. The van der Waals surface area contributed by atoms with Crippen LogP contribution in [0.15, 0.2) is 60.7 Å². The molecule has 0 aliphatic carbocycles. The quantitative estimate of drug-likeness (QED) is 0.243. The van der Waals surface area contributed by atoms with Crippen LogP contribution in [0.5, 0.6) is 0 Å². The van der Waals surface area contributed by atoms with Crippen LogP contribution in [0.1, 0.15) is 49.5 Å². The Bertz CT molecular complexity index is 1580. The molecule has 2 fully saturated rings. The average Bonchev–Trinajstić information content (AvgIpc) is 3.40. The molecule has 0 spiro atoms. The van der Waals surface area contributed by atoms with Gasteiger partial charge in [-0.1, -0.05) is 29.8 Å². The summed E-state index contributed by atoms with van der Waals surface area (Å²) < 4.78 is 29.6. The summed E-state index contributed by atoms with van der Waals surface area (Å²) in [7, 11) is 0. The normalized spacial score (nSPS) is 20.5. The van der Waals surface area contributed by atoms with E-state index in [9.17, 15) is 13.6 Å². The number of aromatic nitrogens is 2. The van der Waals surface area contributed by atoms with Gasteiger partial charge in [0.1, 0.15) is 5.82 Å². The second kappa shape index (κ2) is 11.4. The van der Waals surface area contributed by atoms with Gasteiger partial charge in [0.15, 0.2) is 11.6 Å². The number of urea groups is 1. The number of hydrogen-bond donors (Lipinski definition) is 1. The Kier molecular flexibility index (Phi) is 7.70. The molecule has 6 rings (SSSR count). The molecule has 4 aromatic rings. The third-order valence-corrected chi connectivity index (χ3v) is 9.09. The zero-order valence-electron chi connectivity index (χ0n) is 23.3. The zero-order chi connectivity index (χ0) is 28.7. The van der Waals surface area contributed by atoms with Crippen molar-refractivity contribution in [1.82, 2.24) is 14.5 Å². The number of hydrogen-bond acceptors (Lipinski definition) is 3. The number of nitrogens with one attached hydrogen (secondary N) is 1. The molecule has 3 aromatic carbocycles. The van der Waals surface area contributed by atoms with E-state index in [0.29, 0.717) is 35.4 Å². The summed E-state index contributed by atoms with van der Waals surface area (Å²) in [6.07, 6.45) is 5.31. The largest absolute Gasteiger partial charge is 0.326 e. The van der Waals surface area contributed by atoms with Crippen LogP contribution in [-0.4, -0.2) is 45.7 Å². The lowest BCUT2D eigenvalue weighted by Gasteiger charge is -2.40. The number of anilines is 2. The lowest BCUT2D eigenvalue weighted by Crippen LogP contribution is -2.45. The zero-order valence-corrected chi connectivity index (χ0v) is 24.0. The summed E-state index contributed by atoms with van der Waals surface area (Å²) in [4.78, 5) is 22.4. The molecule has 3 atom stereocenters. The minimum Gasteiger partial charge on any atom is -0.325 e. The van der Waals surface area contributed by atoms with Gasteiger partial charge in [0.25, 0.3) is 0 Å². The van der Waals surface area contributed by atoms with E-state index in [2.05, 4.69) is 39.9 Å². The van der Waals surface area contributed by atoms with Crippen molar-refractivity contribution in [3.63, 3.8) is 0 Å². The van der Waals surface area contributed by atoms with E-state index in [1.807, 2.05) is 25.1 Å². The number of fused-ring (bicyclic) bond motifs is 3. The van der Waals surface area contributed by atoms with Crippen LogP contribution in [0.25, 0.3) is 11.0 Å². The fourth-order valence-corrected chi connectivity index (χ4v) is 6.90. The van der Waals surface area contributed by atoms with Gasteiger partial charge in [-0.2, -0.15) is 0 Å². The fourth-order valence-electron chi connectivity index (χ4n) is 6.72. The molecule has 1 N–H and O–H groups in total. The monoisotopic (exact) mass is 577 g/mol. The second-order valence-electron chi connectivity index (χ2n) is 11.3. The van der Waals surface area contributed by atoms with E-state index < -0.39 is 17.7 Å². The number of piperidine rings is 1. The van der Waals surface area contributed by atoms with Gasteiger partial charge in [0, 0.05) is 53.7 Å². The van der Waals surface area contributed by atoms with Crippen molar-refractivity contribution in [1.29, 1.82) is 0 Å². The number of imidazole rings is 1. The highest BCUT2D eigenvalue weighted by Crippen LogP contribution is 2.42. The summed E-state index contributed by atoms with van der Waals surface area (Å²) in [6.45, 7) is 5.34. The van der Waals surface area contributed by atoms with E-state index in [1.165, 1.54) is 24.4 Å². The summed E-state index contributed by atoms with van der Waals surface area (Å²) >= 11 is 6.40. The number of aryl methyl sites for hydroxylation is 2. The highest BCUT2D eigenvalue weighted by atomic mass is 35.5. The number of nitrogens with zero attached hydrogens (tertiary/aromatic N) is 4. The molecule has 2 amide bonds. The first kappa shape index (κ1) is 27.7. The Morgan fingerprint density at radius 1 is 1.00 bits per heavy atom. The van der Waals surface area contributed by atoms with Crippen molar-refractivity contribution in [2.75, 3.05) is 23.3 Å². The smallest absolute Gasteiger partial charge is 0.325 e. The Morgan fingerprint density at radius 3 is 2.49 bits per heavy atom. The summed E-state index contributed by atoms with van der Waals surface area (Å²) in [5, 5.41) is 3.28. The van der Waals surface area contributed by atoms with Crippen LogP contribution < -0.4 is 10.2 Å². The SMILES string of the molecule is Cc1ccc(N(CCCN2[C@@H]3CC[C@H]2CC(n2c(C)nc4ccccc42)C3)C(=O)Nc2ccc(F)c(F)c2)cc1Cl. The highest BCUT2D eigenvalue weighted by Gasteiger charge is 2.41. The maximum atomic E-state index is 13.8. The lowest BCUT2D eigenvalue weighted by atomic mass is 9.96. The van der Waals surface area contributed by atoms with E-state index in [-0.39, 0.29) is 5.69 Å². The number of para-hydroxylation sites is 2. The van der Waals surface area contributed by atoms with Gasteiger partial charge in [-0.05, 0) is 87.9 Å². The van der Waals surface area contributed by atoms with E-state index >= 15 is 0 Å². The first-order valence-electron chi connectivity index (χ1n) is 14.3. The number of benzene rings is 3. The molecular formula is C32H34ClF2N5O. The number of rotatable bonds is 7. The van der Waals surface area contributed by atoms with Crippen LogP contribution in [0, 0.1) is 25.5 Å². The number of amides is 2. The van der Waals surface area contributed by atoms with E-state index in [4.69, 9.17) is 16.6 Å². The molecule has 2 aliphatic heterocycles. The van der Waals surface area contributed by atoms with Gasteiger partial charge < -0.3 is 9.88 Å².